The molecule has 0 saturated carbocycles. The number of nitrogens with two attached hydrogens (primary N) is 1. The van der Waals surface area contributed by atoms with Crippen LogP contribution in [0.5, 0.6) is 0 Å². The first-order chi connectivity index (χ1) is 11.5. The third-order valence-corrected chi connectivity index (χ3v) is 4.93. The van der Waals surface area contributed by atoms with Gasteiger partial charge in [0.15, 0.2) is 0 Å². The average Bonchev–Trinajstić information content (AvgIpc) is 2.59. The Labute approximate surface area is 169 Å². The number of morpholine rings is 1. The summed E-state index contributed by atoms with van der Waals surface area (Å²) in [6.07, 6.45) is 2.19. The van der Waals surface area contributed by atoms with Crippen LogP contribution in [0.25, 0.3) is 0 Å². The second-order valence-electron chi connectivity index (χ2n) is 7.25. The van der Waals surface area contributed by atoms with Crippen LogP contribution < -0.4 is 11.1 Å². The van der Waals surface area contributed by atoms with Gasteiger partial charge in [-0.3, -0.25) is 14.5 Å². The quantitative estimate of drug-likeness (QED) is 0.662. The van der Waals surface area contributed by atoms with E-state index in [9.17, 15) is 9.59 Å². The van der Waals surface area contributed by atoms with Gasteiger partial charge in [-0.25, -0.2) is 0 Å². The zero-order valence-electron chi connectivity index (χ0n) is 15.8. The molecule has 0 bridgehead atoms. The molecule has 1 unspecified atom stereocenters. The van der Waals surface area contributed by atoms with Gasteiger partial charge in [0.1, 0.15) is 0 Å². The smallest absolute Gasteiger partial charge is 0.241 e. The van der Waals surface area contributed by atoms with Crippen molar-refractivity contribution in [1.29, 1.82) is 0 Å². The fraction of sp³-hybridized carbons (Fsp3) is 0.882. The van der Waals surface area contributed by atoms with Gasteiger partial charge in [-0.2, -0.15) is 0 Å². The van der Waals surface area contributed by atoms with Crippen LogP contribution in [0.4, 0.5) is 0 Å². The zero-order chi connectivity index (χ0) is 17.5. The van der Waals surface area contributed by atoms with Gasteiger partial charge in [-0.15, -0.1) is 24.8 Å². The van der Waals surface area contributed by atoms with Crippen molar-refractivity contribution in [3.05, 3.63) is 0 Å². The van der Waals surface area contributed by atoms with Gasteiger partial charge in [-0.1, -0.05) is 13.8 Å². The summed E-state index contributed by atoms with van der Waals surface area (Å²) in [5.41, 5.74) is 5.80. The number of hydrogen-bond acceptors (Lipinski definition) is 5. The number of nitrogens with zero attached hydrogens (tertiary/aromatic N) is 2. The summed E-state index contributed by atoms with van der Waals surface area (Å²) in [6.45, 7) is 9.99. The average molecular weight is 413 g/mol. The molecule has 2 rings (SSSR count). The number of ether oxygens (including phenoxy) is 1. The van der Waals surface area contributed by atoms with Crippen LogP contribution in [0.3, 0.4) is 0 Å². The van der Waals surface area contributed by atoms with Gasteiger partial charge in [0.05, 0.1) is 25.8 Å². The monoisotopic (exact) mass is 412 g/mol. The first-order valence-electron chi connectivity index (χ1n) is 9.08. The highest BCUT2D eigenvalue weighted by Gasteiger charge is 2.26. The molecule has 3 N–H and O–H groups in total. The SMILES string of the molecule is CC(C)[C@H](N)C(=O)NCC(=O)N1CCCC(CN2CCOCC2)C1.Cl.Cl. The van der Waals surface area contributed by atoms with Crippen LogP contribution in [-0.4, -0.2) is 80.1 Å². The fourth-order valence-electron chi connectivity index (χ4n) is 3.28. The predicted molar refractivity (Wildman–Crippen MR) is 107 cm³/mol. The van der Waals surface area contributed by atoms with Crippen LogP contribution in [-0.2, 0) is 14.3 Å². The summed E-state index contributed by atoms with van der Waals surface area (Å²) in [5, 5.41) is 2.67. The minimum atomic E-state index is -0.562. The van der Waals surface area contributed by atoms with E-state index in [-0.39, 0.29) is 49.1 Å². The Morgan fingerprint density at radius 1 is 1.19 bits per heavy atom. The van der Waals surface area contributed by atoms with Crippen molar-refractivity contribution >= 4 is 36.6 Å². The highest BCUT2D eigenvalue weighted by atomic mass is 35.5. The van der Waals surface area contributed by atoms with Gasteiger partial charge >= 0.3 is 0 Å². The van der Waals surface area contributed by atoms with Crippen LogP contribution in [0, 0.1) is 11.8 Å². The van der Waals surface area contributed by atoms with Crippen molar-refractivity contribution in [2.45, 2.75) is 32.7 Å². The number of nitrogens with one attached hydrogen (secondary N) is 1. The molecule has 2 atom stereocenters. The van der Waals surface area contributed by atoms with Gasteiger partial charge in [0.25, 0.3) is 0 Å². The van der Waals surface area contributed by atoms with Gasteiger partial charge in [-0.05, 0) is 24.7 Å². The zero-order valence-corrected chi connectivity index (χ0v) is 17.4. The lowest BCUT2D eigenvalue weighted by molar-refractivity contribution is -0.135. The maximum atomic E-state index is 12.4. The van der Waals surface area contributed by atoms with Crippen LogP contribution in [0.15, 0.2) is 0 Å². The molecule has 2 aliphatic rings. The first kappa shape index (κ1) is 25.4. The Morgan fingerprint density at radius 3 is 2.46 bits per heavy atom. The number of hydrogen-bond donors (Lipinski definition) is 2. The van der Waals surface area contributed by atoms with E-state index in [0.29, 0.717) is 5.92 Å². The lowest BCUT2D eigenvalue weighted by Gasteiger charge is -2.36. The summed E-state index contributed by atoms with van der Waals surface area (Å²) in [5.74, 6) is 0.314. The minimum absolute atomic E-state index is 0. The molecule has 2 heterocycles. The number of piperidine rings is 1. The molecule has 0 aromatic rings. The summed E-state index contributed by atoms with van der Waals surface area (Å²) < 4.78 is 5.38. The molecule has 7 nitrogen and oxygen atoms in total. The molecule has 0 radical (unpaired) electrons. The first-order valence-corrected chi connectivity index (χ1v) is 9.08. The second kappa shape index (κ2) is 12.7. The van der Waals surface area contributed by atoms with E-state index in [0.717, 1.165) is 58.8 Å². The van der Waals surface area contributed by atoms with E-state index in [1.807, 2.05) is 18.7 Å². The van der Waals surface area contributed by atoms with Crippen molar-refractivity contribution in [1.82, 2.24) is 15.1 Å². The number of likely N-dealkylation sites (tertiary alicyclic amines) is 1. The highest BCUT2D eigenvalue weighted by Crippen LogP contribution is 2.18. The van der Waals surface area contributed by atoms with E-state index in [1.54, 1.807) is 0 Å². The molecule has 2 aliphatic heterocycles. The second-order valence-corrected chi connectivity index (χ2v) is 7.25. The summed E-state index contributed by atoms with van der Waals surface area (Å²) >= 11 is 0. The molecule has 26 heavy (non-hydrogen) atoms. The van der Waals surface area contributed by atoms with Gasteiger partial charge in [0, 0.05) is 32.7 Å². The standard InChI is InChI=1S/C17H32N4O3.2ClH/c1-13(2)16(18)17(23)19-10-15(22)21-5-3-4-14(12-21)11-20-6-8-24-9-7-20;;/h13-14,16H,3-12,18H2,1-2H3,(H,19,23);2*1H/t14?,16-;;/m0../s1. The molecule has 0 aliphatic carbocycles. The Kier molecular flexibility index (Phi) is 12.4. The van der Waals surface area contributed by atoms with E-state index < -0.39 is 6.04 Å². The maximum absolute atomic E-state index is 12.4. The Morgan fingerprint density at radius 2 is 1.85 bits per heavy atom. The van der Waals surface area contributed by atoms with E-state index in [2.05, 4.69) is 10.2 Å². The molecular formula is C17H34Cl2N4O3. The minimum Gasteiger partial charge on any atom is -0.379 e. The predicted octanol–water partition coefficient (Wildman–Crippen LogP) is 0.500. The number of carbonyl (C=O) groups excluding carboxylic acids is 2. The van der Waals surface area contributed by atoms with Crippen LogP contribution in [0.1, 0.15) is 26.7 Å². The summed E-state index contributed by atoms with van der Waals surface area (Å²) in [4.78, 5) is 28.5. The normalized spacial score (nSPS) is 22.2. The van der Waals surface area contributed by atoms with E-state index in [4.69, 9.17) is 10.5 Å². The lowest BCUT2D eigenvalue weighted by Crippen LogP contribution is -2.50. The maximum Gasteiger partial charge on any atom is 0.241 e. The summed E-state index contributed by atoms with van der Waals surface area (Å²) in [6, 6.07) is -0.562. The summed E-state index contributed by atoms with van der Waals surface area (Å²) in [7, 11) is 0. The lowest BCUT2D eigenvalue weighted by atomic mass is 9.97. The third-order valence-electron chi connectivity index (χ3n) is 4.93. The van der Waals surface area contributed by atoms with Crippen molar-refractivity contribution in [2.75, 3.05) is 52.5 Å². The molecule has 2 saturated heterocycles. The topological polar surface area (TPSA) is 87.9 Å². The van der Waals surface area contributed by atoms with Gasteiger partial charge in [0.2, 0.25) is 11.8 Å². The number of carbonyl (C=O) groups is 2. The van der Waals surface area contributed by atoms with Gasteiger partial charge < -0.3 is 20.7 Å². The van der Waals surface area contributed by atoms with E-state index >= 15 is 0 Å². The molecular weight excluding hydrogens is 379 g/mol. The molecule has 154 valence electrons. The molecule has 0 aromatic heterocycles. The molecule has 9 heteroatoms. The fourth-order valence-corrected chi connectivity index (χ4v) is 3.28. The Bertz CT molecular complexity index is 434. The third kappa shape index (κ3) is 7.96. The molecule has 0 aromatic carbocycles. The van der Waals surface area contributed by atoms with Crippen LogP contribution in [0.2, 0.25) is 0 Å². The van der Waals surface area contributed by atoms with Crippen molar-refractivity contribution in [3.63, 3.8) is 0 Å². The largest absolute Gasteiger partial charge is 0.379 e. The van der Waals surface area contributed by atoms with Crippen molar-refractivity contribution in [3.8, 4) is 0 Å². The number of halogens is 2. The Hall–Kier alpha value is -0.600. The number of amides is 2. The van der Waals surface area contributed by atoms with Crippen molar-refractivity contribution in [2.24, 2.45) is 17.6 Å². The molecule has 2 amide bonds. The molecule has 0 spiro atoms. The Balaban J connectivity index is 0.00000312. The highest BCUT2D eigenvalue weighted by molar-refractivity contribution is 5.87. The van der Waals surface area contributed by atoms with Crippen LogP contribution >= 0.6 is 24.8 Å². The molecule has 2 fully saturated rings. The van der Waals surface area contributed by atoms with Crippen molar-refractivity contribution < 1.29 is 14.3 Å². The number of rotatable bonds is 6. The van der Waals surface area contributed by atoms with E-state index in [1.165, 1.54) is 0 Å².